The molecule has 1 N–H and O–H groups in total. The molecule has 2 atom stereocenters. The molecule has 88 valence electrons. The molecule has 0 aromatic rings. The SMILES string of the molecule is CC1OCCC1S(=O)(=O)CCCC(=O)O. The molecule has 0 aliphatic carbocycles. The van der Waals surface area contributed by atoms with E-state index in [-0.39, 0.29) is 24.7 Å². The van der Waals surface area contributed by atoms with Crippen LogP contribution in [0, 0.1) is 0 Å². The molecule has 2 unspecified atom stereocenters. The van der Waals surface area contributed by atoms with Gasteiger partial charge in [-0.05, 0) is 19.8 Å². The molecule has 1 saturated heterocycles. The maximum Gasteiger partial charge on any atom is 0.303 e. The molecule has 1 fully saturated rings. The molecule has 1 aliphatic heterocycles. The molecule has 0 aromatic carbocycles. The predicted octanol–water partition coefficient (Wildman–Crippen LogP) is 0.443. The van der Waals surface area contributed by atoms with Gasteiger partial charge in [0.25, 0.3) is 0 Å². The van der Waals surface area contributed by atoms with Gasteiger partial charge in [0.2, 0.25) is 0 Å². The van der Waals surface area contributed by atoms with Crippen LogP contribution in [0.4, 0.5) is 0 Å². The van der Waals surface area contributed by atoms with Crippen molar-refractivity contribution >= 4 is 15.8 Å². The minimum absolute atomic E-state index is 0.0579. The molecule has 0 saturated carbocycles. The maximum absolute atomic E-state index is 11.8. The van der Waals surface area contributed by atoms with Crippen LogP contribution >= 0.6 is 0 Å². The zero-order valence-electron chi connectivity index (χ0n) is 8.68. The maximum atomic E-state index is 11.8. The lowest BCUT2D eigenvalue weighted by molar-refractivity contribution is -0.137. The second-order valence-corrected chi connectivity index (χ2v) is 6.11. The van der Waals surface area contributed by atoms with Gasteiger partial charge < -0.3 is 9.84 Å². The van der Waals surface area contributed by atoms with Gasteiger partial charge >= 0.3 is 5.97 Å². The number of ether oxygens (including phenoxy) is 1. The molecule has 0 spiro atoms. The van der Waals surface area contributed by atoms with E-state index in [1.807, 2.05) is 0 Å². The number of carboxylic acid groups (broad SMARTS) is 1. The molecule has 0 aromatic heterocycles. The summed E-state index contributed by atoms with van der Waals surface area (Å²) < 4.78 is 28.7. The van der Waals surface area contributed by atoms with E-state index in [0.29, 0.717) is 13.0 Å². The highest BCUT2D eigenvalue weighted by Crippen LogP contribution is 2.22. The number of hydrogen-bond acceptors (Lipinski definition) is 4. The highest BCUT2D eigenvalue weighted by atomic mass is 32.2. The number of aliphatic carboxylic acids is 1. The van der Waals surface area contributed by atoms with Crippen LogP contribution in [0.1, 0.15) is 26.2 Å². The van der Waals surface area contributed by atoms with E-state index in [0.717, 1.165) is 0 Å². The van der Waals surface area contributed by atoms with Gasteiger partial charge in [-0.25, -0.2) is 8.42 Å². The van der Waals surface area contributed by atoms with Gasteiger partial charge in [-0.2, -0.15) is 0 Å². The molecule has 0 bridgehead atoms. The minimum atomic E-state index is -3.19. The minimum Gasteiger partial charge on any atom is -0.481 e. The lowest BCUT2D eigenvalue weighted by atomic mass is 10.3. The summed E-state index contributed by atoms with van der Waals surface area (Å²) in [7, 11) is -3.19. The average Bonchev–Trinajstić information content (AvgIpc) is 2.50. The molecular weight excluding hydrogens is 220 g/mol. The Balaban J connectivity index is 2.48. The summed E-state index contributed by atoms with van der Waals surface area (Å²) in [5, 5.41) is 7.96. The van der Waals surface area contributed by atoms with Crippen molar-refractivity contribution in [1.29, 1.82) is 0 Å². The van der Waals surface area contributed by atoms with Gasteiger partial charge in [0.1, 0.15) is 0 Å². The number of sulfone groups is 1. The van der Waals surface area contributed by atoms with Crippen LogP contribution in [0.15, 0.2) is 0 Å². The van der Waals surface area contributed by atoms with Crippen molar-refractivity contribution in [3.05, 3.63) is 0 Å². The average molecular weight is 236 g/mol. The number of hydrogen-bond donors (Lipinski definition) is 1. The van der Waals surface area contributed by atoms with Crippen molar-refractivity contribution in [3.8, 4) is 0 Å². The van der Waals surface area contributed by atoms with Gasteiger partial charge in [0, 0.05) is 13.0 Å². The Morgan fingerprint density at radius 3 is 2.67 bits per heavy atom. The van der Waals surface area contributed by atoms with Crippen LogP contribution in [0.3, 0.4) is 0 Å². The van der Waals surface area contributed by atoms with Crippen LogP contribution < -0.4 is 0 Å². The molecule has 1 heterocycles. The fourth-order valence-electron chi connectivity index (χ4n) is 1.76. The van der Waals surface area contributed by atoms with Gasteiger partial charge in [0.15, 0.2) is 9.84 Å². The van der Waals surface area contributed by atoms with Crippen molar-refractivity contribution in [2.45, 2.75) is 37.5 Å². The lowest BCUT2D eigenvalue weighted by Gasteiger charge is -2.14. The van der Waals surface area contributed by atoms with Crippen LogP contribution in [0.2, 0.25) is 0 Å². The Hall–Kier alpha value is -0.620. The smallest absolute Gasteiger partial charge is 0.303 e. The van der Waals surface area contributed by atoms with Gasteiger partial charge in [-0.3, -0.25) is 4.79 Å². The van der Waals surface area contributed by atoms with Crippen LogP contribution in [0.5, 0.6) is 0 Å². The molecule has 0 radical (unpaired) electrons. The molecule has 1 rings (SSSR count). The third kappa shape index (κ3) is 3.46. The molecular formula is C9H16O5S. The highest BCUT2D eigenvalue weighted by Gasteiger charge is 2.35. The number of carboxylic acids is 1. The van der Waals surface area contributed by atoms with Crippen molar-refractivity contribution in [1.82, 2.24) is 0 Å². The predicted molar refractivity (Wildman–Crippen MR) is 54.5 cm³/mol. The van der Waals surface area contributed by atoms with Crippen LogP contribution in [-0.4, -0.2) is 43.2 Å². The number of carbonyl (C=O) groups is 1. The summed E-state index contributed by atoms with van der Waals surface area (Å²) >= 11 is 0. The normalized spacial score (nSPS) is 26.7. The van der Waals surface area contributed by atoms with Crippen molar-refractivity contribution in [3.63, 3.8) is 0 Å². The lowest BCUT2D eigenvalue weighted by Crippen LogP contribution is -2.30. The first kappa shape index (κ1) is 12.4. The van der Waals surface area contributed by atoms with Crippen molar-refractivity contribution in [2.24, 2.45) is 0 Å². The summed E-state index contributed by atoms with van der Waals surface area (Å²) in [5.74, 6) is -1.02. The summed E-state index contributed by atoms with van der Waals surface area (Å²) in [6.07, 6.45) is 0.346. The van der Waals surface area contributed by atoms with Crippen molar-refractivity contribution in [2.75, 3.05) is 12.4 Å². The molecule has 1 aliphatic rings. The third-order valence-corrected chi connectivity index (χ3v) is 4.99. The van der Waals surface area contributed by atoms with E-state index in [1.54, 1.807) is 6.92 Å². The quantitative estimate of drug-likeness (QED) is 0.749. The first-order chi connectivity index (χ1) is 6.93. The summed E-state index contributed by atoms with van der Waals surface area (Å²) in [6, 6.07) is 0. The Kier molecular flexibility index (Phi) is 4.10. The fraction of sp³-hybridized carbons (Fsp3) is 0.889. The monoisotopic (exact) mass is 236 g/mol. The summed E-state index contributed by atoms with van der Waals surface area (Å²) in [4.78, 5) is 10.3. The van der Waals surface area contributed by atoms with Crippen LogP contribution in [0.25, 0.3) is 0 Å². The van der Waals surface area contributed by atoms with E-state index in [9.17, 15) is 13.2 Å². The highest BCUT2D eigenvalue weighted by molar-refractivity contribution is 7.92. The van der Waals surface area contributed by atoms with E-state index in [2.05, 4.69) is 0 Å². The Morgan fingerprint density at radius 1 is 1.53 bits per heavy atom. The molecule has 5 nitrogen and oxygen atoms in total. The van der Waals surface area contributed by atoms with Crippen molar-refractivity contribution < 1.29 is 23.1 Å². The molecule has 15 heavy (non-hydrogen) atoms. The third-order valence-electron chi connectivity index (χ3n) is 2.59. The zero-order chi connectivity index (χ0) is 11.5. The second kappa shape index (κ2) is 4.94. The number of rotatable bonds is 5. The van der Waals surface area contributed by atoms with Gasteiger partial charge in [0.05, 0.1) is 17.1 Å². The Morgan fingerprint density at radius 2 is 2.20 bits per heavy atom. The standard InChI is InChI=1S/C9H16O5S/c1-7-8(4-5-14-7)15(12,13)6-2-3-9(10)11/h7-8H,2-6H2,1H3,(H,10,11). The largest absolute Gasteiger partial charge is 0.481 e. The Labute approximate surface area is 89.3 Å². The van der Waals surface area contributed by atoms with E-state index in [1.165, 1.54) is 0 Å². The second-order valence-electron chi connectivity index (χ2n) is 3.77. The molecule has 0 amide bonds. The first-order valence-corrected chi connectivity index (χ1v) is 6.70. The summed E-state index contributed by atoms with van der Waals surface area (Å²) in [6.45, 7) is 2.22. The van der Waals surface area contributed by atoms with E-state index < -0.39 is 21.1 Å². The molecule has 6 heteroatoms. The Bertz CT molecular complexity index is 321. The van der Waals surface area contributed by atoms with E-state index >= 15 is 0 Å². The van der Waals surface area contributed by atoms with Crippen LogP contribution in [-0.2, 0) is 19.4 Å². The van der Waals surface area contributed by atoms with Gasteiger partial charge in [-0.1, -0.05) is 0 Å². The fourth-order valence-corrected chi connectivity index (χ4v) is 3.73. The summed E-state index contributed by atoms with van der Waals surface area (Å²) in [5.41, 5.74) is 0. The van der Waals surface area contributed by atoms with E-state index in [4.69, 9.17) is 9.84 Å². The zero-order valence-corrected chi connectivity index (χ0v) is 9.50. The van der Waals surface area contributed by atoms with Gasteiger partial charge in [-0.15, -0.1) is 0 Å². The topological polar surface area (TPSA) is 80.7 Å². The first-order valence-electron chi connectivity index (χ1n) is 4.98.